The smallest absolute Gasteiger partial charge is 0.0459 e. The number of aromatic amines is 1. The van der Waals surface area contributed by atoms with E-state index in [-0.39, 0.29) is 0 Å². The molecule has 106 valence electrons. The minimum Gasteiger partial charge on any atom is -0.357 e. The van der Waals surface area contributed by atoms with Crippen molar-refractivity contribution < 1.29 is 0 Å². The van der Waals surface area contributed by atoms with Crippen molar-refractivity contribution in [3.63, 3.8) is 0 Å². The van der Waals surface area contributed by atoms with Gasteiger partial charge in [0.2, 0.25) is 0 Å². The molecule has 0 radical (unpaired) electrons. The Morgan fingerprint density at radius 3 is 2.86 bits per heavy atom. The molecule has 0 atom stereocenters. The van der Waals surface area contributed by atoms with Crippen molar-refractivity contribution in [1.82, 2.24) is 14.9 Å². The van der Waals surface area contributed by atoms with Gasteiger partial charge < -0.3 is 4.98 Å². The van der Waals surface area contributed by atoms with E-state index in [0.29, 0.717) is 0 Å². The van der Waals surface area contributed by atoms with Crippen molar-refractivity contribution >= 4 is 10.9 Å². The summed E-state index contributed by atoms with van der Waals surface area (Å²) >= 11 is 0. The number of H-pyrrole nitrogens is 1. The van der Waals surface area contributed by atoms with E-state index in [1.54, 1.807) is 0 Å². The minimum absolute atomic E-state index is 1.04. The molecule has 3 heterocycles. The molecule has 3 heteroatoms. The van der Waals surface area contributed by atoms with Crippen LogP contribution in [-0.2, 0) is 19.4 Å². The van der Waals surface area contributed by atoms with Crippen molar-refractivity contribution in [1.29, 1.82) is 0 Å². The highest BCUT2D eigenvalue weighted by molar-refractivity contribution is 5.84. The Morgan fingerprint density at radius 1 is 1.10 bits per heavy atom. The first-order valence-electron chi connectivity index (χ1n) is 7.60. The fourth-order valence-electron chi connectivity index (χ4n) is 3.28. The van der Waals surface area contributed by atoms with E-state index < -0.39 is 0 Å². The van der Waals surface area contributed by atoms with Crippen molar-refractivity contribution in [3.05, 3.63) is 65.6 Å². The van der Waals surface area contributed by atoms with Crippen molar-refractivity contribution in [2.24, 2.45) is 0 Å². The predicted octanol–water partition coefficient (Wildman–Crippen LogP) is 3.16. The summed E-state index contributed by atoms with van der Waals surface area (Å²) in [5.41, 5.74) is 5.56. The number of fused-ring (bicyclic) bond motifs is 3. The van der Waals surface area contributed by atoms with Gasteiger partial charge in [0, 0.05) is 48.6 Å². The number of rotatable bonds is 3. The lowest BCUT2D eigenvalue weighted by Crippen LogP contribution is -2.32. The molecule has 0 saturated heterocycles. The van der Waals surface area contributed by atoms with Gasteiger partial charge in [-0.15, -0.1) is 0 Å². The largest absolute Gasteiger partial charge is 0.357 e. The minimum atomic E-state index is 1.04. The van der Waals surface area contributed by atoms with Gasteiger partial charge in [-0.1, -0.05) is 18.2 Å². The summed E-state index contributed by atoms with van der Waals surface area (Å²) in [6.45, 7) is 3.30. The van der Waals surface area contributed by atoms with E-state index in [1.165, 1.54) is 27.7 Å². The molecule has 1 aliphatic heterocycles. The van der Waals surface area contributed by atoms with Crippen LogP contribution in [-0.4, -0.2) is 28.0 Å². The molecule has 3 aromatic rings. The molecule has 3 nitrogen and oxygen atoms in total. The summed E-state index contributed by atoms with van der Waals surface area (Å²) in [4.78, 5) is 10.2. The number of nitrogens with zero attached hydrogens (tertiary/aromatic N) is 2. The van der Waals surface area contributed by atoms with Gasteiger partial charge in [-0.25, -0.2) is 0 Å². The lowest BCUT2D eigenvalue weighted by atomic mass is 10.0. The summed E-state index contributed by atoms with van der Waals surface area (Å²) < 4.78 is 0. The standard InChI is InChI=1S/C18H19N3/c1-2-4-17-15(3-1)16-8-12-21(13-18(16)20-17)11-7-14-5-9-19-10-6-14/h1-6,9-10,20H,7-8,11-13H2. The molecule has 0 saturated carbocycles. The maximum atomic E-state index is 4.08. The Kier molecular flexibility index (Phi) is 3.20. The highest BCUT2D eigenvalue weighted by atomic mass is 15.1. The second-order valence-electron chi connectivity index (χ2n) is 5.76. The molecule has 4 rings (SSSR count). The summed E-state index contributed by atoms with van der Waals surface area (Å²) in [6.07, 6.45) is 6.00. The zero-order valence-electron chi connectivity index (χ0n) is 12.0. The highest BCUT2D eigenvalue weighted by Crippen LogP contribution is 2.27. The molecule has 21 heavy (non-hydrogen) atoms. The molecule has 1 aliphatic rings. The molecule has 0 spiro atoms. The second kappa shape index (κ2) is 5.34. The van der Waals surface area contributed by atoms with Gasteiger partial charge in [-0.2, -0.15) is 0 Å². The number of nitrogens with one attached hydrogen (secondary N) is 1. The number of para-hydroxylation sites is 1. The van der Waals surface area contributed by atoms with Crippen LogP contribution in [0.1, 0.15) is 16.8 Å². The fourth-order valence-corrected chi connectivity index (χ4v) is 3.28. The van der Waals surface area contributed by atoms with E-state index in [9.17, 15) is 0 Å². The molecule has 0 aliphatic carbocycles. The molecule has 2 aromatic heterocycles. The number of aromatic nitrogens is 2. The van der Waals surface area contributed by atoms with Crippen LogP contribution in [0.3, 0.4) is 0 Å². The normalized spacial score (nSPS) is 15.2. The van der Waals surface area contributed by atoms with Crippen LogP contribution >= 0.6 is 0 Å². The quantitative estimate of drug-likeness (QED) is 0.797. The Hall–Kier alpha value is -2.13. The maximum absolute atomic E-state index is 4.08. The first-order chi connectivity index (χ1) is 10.4. The van der Waals surface area contributed by atoms with Gasteiger partial charge in [0.1, 0.15) is 0 Å². The number of hydrogen-bond acceptors (Lipinski definition) is 2. The fraction of sp³-hybridized carbons (Fsp3) is 0.278. The van der Waals surface area contributed by atoms with Crippen molar-refractivity contribution in [2.45, 2.75) is 19.4 Å². The summed E-state index contributed by atoms with van der Waals surface area (Å²) in [7, 11) is 0. The maximum Gasteiger partial charge on any atom is 0.0459 e. The zero-order valence-corrected chi connectivity index (χ0v) is 12.0. The Labute approximate surface area is 124 Å². The van der Waals surface area contributed by atoms with Crippen LogP contribution in [0.4, 0.5) is 0 Å². The molecular formula is C18H19N3. The van der Waals surface area contributed by atoms with E-state index in [4.69, 9.17) is 0 Å². The van der Waals surface area contributed by atoms with Crippen LogP contribution in [0.2, 0.25) is 0 Å². The van der Waals surface area contributed by atoms with Crippen molar-refractivity contribution in [3.8, 4) is 0 Å². The lowest BCUT2D eigenvalue weighted by molar-refractivity contribution is 0.255. The summed E-state index contributed by atoms with van der Waals surface area (Å²) in [5.74, 6) is 0. The number of hydrogen-bond donors (Lipinski definition) is 1. The van der Waals surface area contributed by atoms with Gasteiger partial charge in [0.05, 0.1) is 0 Å². The molecule has 1 aromatic carbocycles. The van der Waals surface area contributed by atoms with E-state index in [0.717, 1.165) is 32.5 Å². The molecule has 0 unspecified atom stereocenters. The third-order valence-electron chi connectivity index (χ3n) is 4.43. The Morgan fingerprint density at radius 2 is 1.95 bits per heavy atom. The van der Waals surface area contributed by atoms with Gasteiger partial charge in [-0.05, 0) is 42.2 Å². The first kappa shape index (κ1) is 12.6. The molecule has 0 amide bonds. The molecular weight excluding hydrogens is 258 g/mol. The lowest BCUT2D eigenvalue weighted by Gasteiger charge is -2.26. The average molecular weight is 277 g/mol. The van der Waals surface area contributed by atoms with Crippen LogP contribution in [0.25, 0.3) is 10.9 Å². The van der Waals surface area contributed by atoms with E-state index in [2.05, 4.69) is 51.3 Å². The number of benzene rings is 1. The predicted molar refractivity (Wildman–Crippen MR) is 85.2 cm³/mol. The number of pyridine rings is 1. The first-order valence-corrected chi connectivity index (χ1v) is 7.60. The molecule has 1 N–H and O–H groups in total. The van der Waals surface area contributed by atoms with Crippen LogP contribution in [0.15, 0.2) is 48.8 Å². The second-order valence-corrected chi connectivity index (χ2v) is 5.76. The van der Waals surface area contributed by atoms with E-state index >= 15 is 0 Å². The average Bonchev–Trinajstić information content (AvgIpc) is 2.91. The Balaban J connectivity index is 1.49. The van der Waals surface area contributed by atoms with Gasteiger partial charge in [-0.3, -0.25) is 9.88 Å². The van der Waals surface area contributed by atoms with Crippen molar-refractivity contribution in [2.75, 3.05) is 13.1 Å². The summed E-state index contributed by atoms with van der Waals surface area (Å²) in [5, 5.41) is 1.40. The van der Waals surface area contributed by atoms with Gasteiger partial charge in [0.15, 0.2) is 0 Å². The van der Waals surface area contributed by atoms with Gasteiger partial charge >= 0.3 is 0 Å². The SMILES string of the molecule is c1ccc2c3c([nH]c2c1)CN(CCc1ccncc1)CC3. The highest BCUT2D eigenvalue weighted by Gasteiger charge is 2.19. The molecule has 0 bridgehead atoms. The van der Waals surface area contributed by atoms with Crippen LogP contribution in [0.5, 0.6) is 0 Å². The third kappa shape index (κ3) is 2.45. The third-order valence-corrected chi connectivity index (χ3v) is 4.43. The Bertz CT molecular complexity index is 746. The zero-order chi connectivity index (χ0) is 14.1. The monoisotopic (exact) mass is 277 g/mol. The van der Waals surface area contributed by atoms with Gasteiger partial charge in [0.25, 0.3) is 0 Å². The van der Waals surface area contributed by atoms with E-state index in [1.807, 2.05) is 12.4 Å². The molecule has 0 fully saturated rings. The van der Waals surface area contributed by atoms with Crippen LogP contribution in [0, 0.1) is 0 Å². The topological polar surface area (TPSA) is 31.9 Å². The van der Waals surface area contributed by atoms with Crippen LogP contribution < -0.4 is 0 Å². The summed E-state index contributed by atoms with van der Waals surface area (Å²) in [6, 6.07) is 12.9.